The summed E-state index contributed by atoms with van der Waals surface area (Å²) < 4.78 is 9.95. The lowest BCUT2D eigenvalue weighted by Gasteiger charge is -2.34. The van der Waals surface area contributed by atoms with E-state index in [1.165, 1.54) is 25.7 Å². The van der Waals surface area contributed by atoms with Crippen molar-refractivity contribution in [3.8, 4) is 11.5 Å². The molecule has 1 aliphatic rings. The number of hydrogen-bond donors (Lipinski definition) is 2. The maximum atomic E-state index is 12.0. The minimum atomic E-state index is -0.758. The monoisotopic (exact) mass is 335 g/mol. The van der Waals surface area contributed by atoms with E-state index in [1.807, 2.05) is 0 Å². The molecule has 1 fully saturated rings. The molecule has 1 aliphatic carbocycles. The lowest BCUT2D eigenvalue weighted by atomic mass is 9.78. The van der Waals surface area contributed by atoms with Crippen LogP contribution in [0.5, 0.6) is 11.5 Å². The maximum Gasteiger partial charge on any atom is 0.342 e. The lowest BCUT2D eigenvalue weighted by Crippen LogP contribution is -2.45. The van der Waals surface area contributed by atoms with Crippen molar-refractivity contribution in [3.05, 3.63) is 23.8 Å². The number of phenols is 1. The average Bonchev–Trinajstić information content (AvgIpc) is 2.57. The Balaban J connectivity index is 1.88. The first-order chi connectivity index (χ1) is 11.4. The zero-order valence-corrected chi connectivity index (χ0v) is 14.4. The van der Waals surface area contributed by atoms with Crippen LogP contribution in [0, 0.1) is 11.8 Å². The second kappa shape index (κ2) is 8.04. The van der Waals surface area contributed by atoms with Crippen LogP contribution in [-0.4, -0.2) is 36.7 Å². The second-order valence-electron chi connectivity index (χ2n) is 6.37. The maximum absolute atomic E-state index is 12.0. The molecule has 0 unspecified atom stereocenters. The van der Waals surface area contributed by atoms with Gasteiger partial charge < -0.3 is 19.9 Å². The molecule has 0 bridgehead atoms. The summed E-state index contributed by atoms with van der Waals surface area (Å²) in [5, 5.41) is 12.9. The molecule has 2 rings (SSSR count). The normalized spacial score (nSPS) is 23.4. The van der Waals surface area contributed by atoms with Crippen LogP contribution in [0.4, 0.5) is 0 Å². The first-order valence-electron chi connectivity index (χ1n) is 8.26. The lowest BCUT2D eigenvalue weighted by molar-refractivity contribution is -0.125. The molecule has 132 valence electrons. The number of rotatable bonds is 5. The van der Waals surface area contributed by atoms with Crippen molar-refractivity contribution in [1.82, 2.24) is 5.32 Å². The number of ether oxygens (including phenoxy) is 2. The number of esters is 1. The molecular weight excluding hydrogens is 310 g/mol. The first-order valence-corrected chi connectivity index (χ1v) is 8.26. The first kappa shape index (κ1) is 18.1. The van der Waals surface area contributed by atoms with Crippen LogP contribution >= 0.6 is 0 Å². The van der Waals surface area contributed by atoms with Gasteiger partial charge in [0, 0.05) is 6.04 Å². The van der Waals surface area contributed by atoms with Crippen LogP contribution in [-0.2, 0) is 9.53 Å². The SMILES string of the molecule is COc1cccc(C(=O)OCC(=O)N[C@@H]2CCC[C@H](C)[C@H]2C)c1O. The van der Waals surface area contributed by atoms with E-state index in [9.17, 15) is 14.7 Å². The molecule has 0 saturated heterocycles. The van der Waals surface area contributed by atoms with Crippen molar-refractivity contribution >= 4 is 11.9 Å². The van der Waals surface area contributed by atoms with Crippen molar-refractivity contribution < 1.29 is 24.2 Å². The number of benzene rings is 1. The van der Waals surface area contributed by atoms with Crippen molar-refractivity contribution in [1.29, 1.82) is 0 Å². The number of para-hydroxylation sites is 1. The van der Waals surface area contributed by atoms with Gasteiger partial charge in [-0.05, 0) is 30.4 Å². The van der Waals surface area contributed by atoms with Crippen molar-refractivity contribution in [3.63, 3.8) is 0 Å². The Kier molecular flexibility index (Phi) is 6.06. The highest BCUT2D eigenvalue weighted by molar-refractivity contribution is 5.94. The number of carbonyl (C=O) groups is 2. The predicted octanol–water partition coefficient (Wildman–Crippen LogP) is 2.50. The van der Waals surface area contributed by atoms with Gasteiger partial charge in [-0.3, -0.25) is 4.79 Å². The molecule has 2 N–H and O–H groups in total. The molecular formula is C18H25NO5. The van der Waals surface area contributed by atoms with Gasteiger partial charge in [-0.1, -0.05) is 32.8 Å². The van der Waals surface area contributed by atoms with Gasteiger partial charge in [-0.15, -0.1) is 0 Å². The molecule has 3 atom stereocenters. The number of hydrogen-bond acceptors (Lipinski definition) is 5. The van der Waals surface area contributed by atoms with E-state index < -0.39 is 5.97 Å². The van der Waals surface area contributed by atoms with Gasteiger partial charge in [0.15, 0.2) is 18.1 Å². The summed E-state index contributed by atoms with van der Waals surface area (Å²) in [5.41, 5.74) is -0.0261. The van der Waals surface area contributed by atoms with Crippen LogP contribution in [0.25, 0.3) is 0 Å². The third-order valence-electron chi connectivity index (χ3n) is 4.83. The number of aromatic hydroxyl groups is 1. The van der Waals surface area contributed by atoms with E-state index in [4.69, 9.17) is 9.47 Å². The fourth-order valence-electron chi connectivity index (χ4n) is 3.09. The summed E-state index contributed by atoms with van der Waals surface area (Å²) in [6.45, 7) is 3.96. The smallest absolute Gasteiger partial charge is 0.342 e. The molecule has 0 radical (unpaired) electrons. The van der Waals surface area contributed by atoms with E-state index in [2.05, 4.69) is 19.2 Å². The molecule has 24 heavy (non-hydrogen) atoms. The molecule has 0 aromatic heterocycles. The highest BCUT2D eigenvalue weighted by Crippen LogP contribution is 2.30. The zero-order chi connectivity index (χ0) is 17.7. The van der Waals surface area contributed by atoms with Gasteiger partial charge >= 0.3 is 5.97 Å². The molecule has 0 heterocycles. The van der Waals surface area contributed by atoms with Gasteiger partial charge in [0.25, 0.3) is 5.91 Å². The van der Waals surface area contributed by atoms with E-state index in [0.717, 1.165) is 12.8 Å². The van der Waals surface area contributed by atoms with E-state index in [0.29, 0.717) is 11.8 Å². The van der Waals surface area contributed by atoms with Crippen LogP contribution in [0.2, 0.25) is 0 Å². The number of phenolic OH excluding ortho intramolecular Hbond substituents is 1. The number of amides is 1. The summed E-state index contributed by atoms with van der Waals surface area (Å²) in [5.74, 6) is -0.219. The summed E-state index contributed by atoms with van der Waals surface area (Å²) >= 11 is 0. The molecule has 1 saturated carbocycles. The van der Waals surface area contributed by atoms with Gasteiger partial charge in [-0.2, -0.15) is 0 Å². The fraction of sp³-hybridized carbons (Fsp3) is 0.556. The fourth-order valence-corrected chi connectivity index (χ4v) is 3.09. The summed E-state index contributed by atoms with van der Waals surface area (Å²) in [6, 6.07) is 4.64. The molecule has 1 aromatic rings. The Labute approximate surface area is 142 Å². The van der Waals surface area contributed by atoms with E-state index in [-0.39, 0.29) is 35.6 Å². The summed E-state index contributed by atoms with van der Waals surface area (Å²) in [7, 11) is 1.39. The quantitative estimate of drug-likeness (QED) is 0.808. The van der Waals surface area contributed by atoms with Gasteiger partial charge in [0.05, 0.1) is 7.11 Å². The van der Waals surface area contributed by atoms with Crippen LogP contribution in [0.3, 0.4) is 0 Å². The van der Waals surface area contributed by atoms with Crippen molar-refractivity contribution in [2.24, 2.45) is 11.8 Å². The standard InChI is InChI=1S/C18H25NO5/c1-11-6-4-8-14(12(11)2)19-16(20)10-24-18(22)13-7-5-9-15(23-3)17(13)21/h5,7,9,11-12,14,21H,4,6,8,10H2,1-3H3,(H,19,20)/t11-,12+,14+/m0/s1. The van der Waals surface area contributed by atoms with Gasteiger partial charge in [0.1, 0.15) is 5.56 Å². The van der Waals surface area contributed by atoms with Crippen LogP contribution < -0.4 is 10.1 Å². The topological polar surface area (TPSA) is 84.9 Å². The largest absolute Gasteiger partial charge is 0.504 e. The van der Waals surface area contributed by atoms with Gasteiger partial charge in [0.2, 0.25) is 0 Å². The predicted molar refractivity (Wildman–Crippen MR) is 89.1 cm³/mol. The molecule has 1 amide bonds. The van der Waals surface area contributed by atoms with E-state index >= 15 is 0 Å². The van der Waals surface area contributed by atoms with E-state index in [1.54, 1.807) is 6.07 Å². The Morgan fingerprint density at radius 2 is 2.04 bits per heavy atom. The summed E-state index contributed by atoms with van der Waals surface area (Å²) in [6.07, 6.45) is 3.22. The number of nitrogens with one attached hydrogen (secondary N) is 1. The molecule has 1 aromatic carbocycles. The summed E-state index contributed by atoms with van der Waals surface area (Å²) in [4.78, 5) is 24.1. The highest BCUT2D eigenvalue weighted by atomic mass is 16.5. The Morgan fingerprint density at radius 3 is 2.75 bits per heavy atom. The minimum Gasteiger partial charge on any atom is -0.504 e. The Hall–Kier alpha value is -2.24. The van der Waals surface area contributed by atoms with Crippen LogP contribution in [0.15, 0.2) is 18.2 Å². The molecule has 6 nitrogen and oxygen atoms in total. The van der Waals surface area contributed by atoms with Gasteiger partial charge in [-0.25, -0.2) is 4.79 Å². The zero-order valence-electron chi connectivity index (χ0n) is 14.4. The third kappa shape index (κ3) is 4.19. The second-order valence-corrected chi connectivity index (χ2v) is 6.37. The molecule has 0 spiro atoms. The number of methoxy groups -OCH3 is 1. The Morgan fingerprint density at radius 1 is 1.29 bits per heavy atom. The molecule has 6 heteroatoms. The Bertz CT molecular complexity index is 601. The average molecular weight is 335 g/mol. The highest BCUT2D eigenvalue weighted by Gasteiger charge is 2.28. The van der Waals surface area contributed by atoms with Crippen LogP contribution in [0.1, 0.15) is 43.5 Å². The van der Waals surface area contributed by atoms with Crippen molar-refractivity contribution in [2.75, 3.05) is 13.7 Å². The third-order valence-corrected chi connectivity index (χ3v) is 4.83. The molecule has 0 aliphatic heterocycles. The minimum absolute atomic E-state index is 0.0261. The van der Waals surface area contributed by atoms with Crippen molar-refractivity contribution in [2.45, 2.75) is 39.2 Å². The number of carbonyl (C=O) groups excluding carboxylic acids is 2.